The lowest BCUT2D eigenvalue weighted by molar-refractivity contribution is -0.146. The van der Waals surface area contributed by atoms with Gasteiger partial charge >= 0.3 is 12.1 Å². The van der Waals surface area contributed by atoms with E-state index >= 15 is 0 Å². The van der Waals surface area contributed by atoms with Crippen molar-refractivity contribution in [3.8, 4) is 0 Å². The normalized spacial score (nSPS) is 12.6. The number of carbonyl (C=O) groups is 2. The summed E-state index contributed by atoms with van der Waals surface area (Å²) < 4.78 is 10.4. The van der Waals surface area contributed by atoms with Crippen LogP contribution in [0.4, 0.5) is 4.79 Å². The van der Waals surface area contributed by atoms with Crippen molar-refractivity contribution in [2.75, 3.05) is 13.7 Å². The molecule has 1 atom stereocenters. The Hall–Kier alpha value is -1.75. The first-order valence-corrected chi connectivity index (χ1v) is 8.73. The number of ether oxygens (including phenoxy) is 2. The van der Waals surface area contributed by atoms with Gasteiger partial charge in [0.1, 0.15) is 5.60 Å². The summed E-state index contributed by atoms with van der Waals surface area (Å²) in [5.41, 5.74) is 0.356. The van der Waals surface area contributed by atoms with E-state index in [1.165, 1.54) is 7.11 Å². The van der Waals surface area contributed by atoms with Crippen LogP contribution in [-0.2, 0) is 20.7 Å². The van der Waals surface area contributed by atoms with E-state index in [0.717, 1.165) is 5.56 Å². The first-order chi connectivity index (χ1) is 11.5. The van der Waals surface area contributed by atoms with Crippen LogP contribution in [0, 0.1) is 5.92 Å². The topological polar surface area (TPSA) is 55.8 Å². The standard InChI is InChI=1S/C19H28ClNO4/c1-13(2)21(18(23)25-19(3,4)5)12-15(17(22)24-6)11-14-7-9-16(20)10-8-14/h7-10,13,15H,11-12H2,1-6H3. The van der Waals surface area contributed by atoms with Gasteiger partial charge in [-0.1, -0.05) is 23.7 Å². The number of hydrogen-bond donors (Lipinski definition) is 0. The maximum atomic E-state index is 12.5. The molecule has 0 heterocycles. The van der Waals surface area contributed by atoms with Gasteiger partial charge in [0.2, 0.25) is 0 Å². The zero-order chi connectivity index (χ0) is 19.2. The van der Waals surface area contributed by atoms with Crippen molar-refractivity contribution in [3.05, 3.63) is 34.9 Å². The Morgan fingerprint density at radius 3 is 2.16 bits per heavy atom. The van der Waals surface area contributed by atoms with Crippen LogP contribution in [-0.4, -0.2) is 42.3 Å². The predicted octanol–water partition coefficient (Wildman–Crippen LogP) is 4.32. The number of carbonyl (C=O) groups excluding carboxylic acids is 2. The Morgan fingerprint density at radius 1 is 1.16 bits per heavy atom. The molecule has 0 aromatic heterocycles. The lowest BCUT2D eigenvalue weighted by atomic mass is 9.98. The number of benzene rings is 1. The summed E-state index contributed by atoms with van der Waals surface area (Å²) in [6.07, 6.45) is 0.0167. The molecule has 1 amide bonds. The monoisotopic (exact) mass is 369 g/mol. The average molecular weight is 370 g/mol. The van der Waals surface area contributed by atoms with Gasteiger partial charge in [-0.15, -0.1) is 0 Å². The van der Waals surface area contributed by atoms with E-state index in [9.17, 15) is 9.59 Å². The third kappa shape index (κ3) is 7.34. The molecular weight excluding hydrogens is 342 g/mol. The molecule has 0 aliphatic carbocycles. The molecule has 0 bridgehead atoms. The number of amides is 1. The number of hydrogen-bond acceptors (Lipinski definition) is 4. The highest BCUT2D eigenvalue weighted by Gasteiger charge is 2.30. The maximum absolute atomic E-state index is 12.5. The molecule has 0 spiro atoms. The van der Waals surface area contributed by atoms with Gasteiger partial charge in [-0.25, -0.2) is 4.79 Å². The van der Waals surface area contributed by atoms with Crippen molar-refractivity contribution in [2.45, 2.75) is 52.7 Å². The third-order valence-corrected chi connectivity index (χ3v) is 3.85. The second kappa shape index (κ2) is 9.09. The van der Waals surface area contributed by atoms with Crippen molar-refractivity contribution in [3.63, 3.8) is 0 Å². The summed E-state index contributed by atoms with van der Waals surface area (Å²) in [5.74, 6) is -0.842. The zero-order valence-electron chi connectivity index (χ0n) is 15.8. The molecule has 0 aliphatic heterocycles. The Labute approximate surface area is 155 Å². The number of rotatable bonds is 6. The molecule has 1 aromatic rings. The lowest BCUT2D eigenvalue weighted by Crippen LogP contribution is -2.45. The van der Waals surface area contributed by atoms with E-state index < -0.39 is 17.6 Å². The summed E-state index contributed by atoms with van der Waals surface area (Å²) in [5, 5.41) is 0.635. The summed E-state index contributed by atoms with van der Waals surface area (Å²) >= 11 is 5.91. The summed E-state index contributed by atoms with van der Waals surface area (Å²) in [4.78, 5) is 26.3. The molecule has 0 saturated carbocycles. The molecule has 5 nitrogen and oxygen atoms in total. The minimum atomic E-state index is -0.596. The number of methoxy groups -OCH3 is 1. The smallest absolute Gasteiger partial charge is 0.410 e. The quantitative estimate of drug-likeness (QED) is 0.701. The number of halogens is 1. The highest BCUT2D eigenvalue weighted by atomic mass is 35.5. The van der Waals surface area contributed by atoms with Gasteiger partial charge in [0.05, 0.1) is 13.0 Å². The molecule has 6 heteroatoms. The molecule has 1 aromatic carbocycles. The third-order valence-electron chi connectivity index (χ3n) is 3.60. The Kier molecular flexibility index (Phi) is 7.74. The van der Waals surface area contributed by atoms with Crippen molar-refractivity contribution < 1.29 is 19.1 Å². The average Bonchev–Trinajstić information content (AvgIpc) is 2.50. The Balaban J connectivity index is 2.94. The molecule has 1 unspecified atom stereocenters. The fourth-order valence-electron chi connectivity index (χ4n) is 2.35. The summed E-state index contributed by atoms with van der Waals surface area (Å²) in [6, 6.07) is 7.18. The van der Waals surface area contributed by atoms with E-state index in [4.69, 9.17) is 21.1 Å². The van der Waals surface area contributed by atoms with Gasteiger partial charge in [0.15, 0.2) is 0 Å². The first kappa shape index (κ1) is 21.3. The first-order valence-electron chi connectivity index (χ1n) is 8.35. The van der Waals surface area contributed by atoms with Gasteiger partial charge in [-0.05, 0) is 58.7 Å². The van der Waals surface area contributed by atoms with E-state index in [0.29, 0.717) is 11.4 Å². The van der Waals surface area contributed by atoms with E-state index in [2.05, 4.69) is 0 Å². The fourth-order valence-corrected chi connectivity index (χ4v) is 2.47. The number of esters is 1. The molecule has 1 rings (SSSR count). The second-order valence-electron chi connectivity index (χ2n) is 7.28. The minimum absolute atomic E-state index is 0.104. The maximum Gasteiger partial charge on any atom is 0.410 e. The molecule has 140 valence electrons. The van der Waals surface area contributed by atoms with Crippen LogP contribution in [0.5, 0.6) is 0 Å². The minimum Gasteiger partial charge on any atom is -0.469 e. The predicted molar refractivity (Wildman–Crippen MR) is 98.7 cm³/mol. The summed E-state index contributed by atoms with van der Waals surface area (Å²) in [6.45, 7) is 9.45. The van der Waals surface area contributed by atoms with Crippen LogP contribution < -0.4 is 0 Å². The summed E-state index contributed by atoms with van der Waals surface area (Å²) in [7, 11) is 1.35. The van der Waals surface area contributed by atoms with Gasteiger partial charge in [-0.2, -0.15) is 0 Å². The van der Waals surface area contributed by atoms with Crippen LogP contribution in [0.15, 0.2) is 24.3 Å². The van der Waals surface area contributed by atoms with Gasteiger partial charge in [-0.3, -0.25) is 4.79 Å². The highest BCUT2D eigenvalue weighted by molar-refractivity contribution is 6.30. The van der Waals surface area contributed by atoms with Crippen molar-refractivity contribution in [2.24, 2.45) is 5.92 Å². The molecule has 0 saturated heterocycles. The van der Waals surface area contributed by atoms with Gasteiger partial charge < -0.3 is 14.4 Å². The van der Waals surface area contributed by atoms with E-state index in [-0.39, 0.29) is 18.6 Å². The van der Waals surface area contributed by atoms with Gasteiger partial charge in [0.25, 0.3) is 0 Å². The number of nitrogens with zero attached hydrogens (tertiary/aromatic N) is 1. The van der Waals surface area contributed by atoms with Crippen LogP contribution in [0.2, 0.25) is 5.02 Å². The molecule has 25 heavy (non-hydrogen) atoms. The van der Waals surface area contributed by atoms with Crippen LogP contribution >= 0.6 is 11.6 Å². The van der Waals surface area contributed by atoms with Crippen LogP contribution in [0.1, 0.15) is 40.2 Å². The molecular formula is C19H28ClNO4. The Morgan fingerprint density at radius 2 is 1.72 bits per heavy atom. The second-order valence-corrected chi connectivity index (χ2v) is 7.71. The molecule has 0 fully saturated rings. The largest absolute Gasteiger partial charge is 0.469 e. The SMILES string of the molecule is COC(=O)C(Cc1ccc(Cl)cc1)CN(C(=O)OC(C)(C)C)C(C)C. The Bertz CT molecular complexity index is 578. The zero-order valence-corrected chi connectivity index (χ0v) is 16.6. The lowest BCUT2D eigenvalue weighted by Gasteiger charge is -2.32. The molecule has 0 aliphatic rings. The fraction of sp³-hybridized carbons (Fsp3) is 0.579. The van der Waals surface area contributed by atoms with Crippen LogP contribution in [0.3, 0.4) is 0 Å². The van der Waals surface area contributed by atoms with Crippen molar-refractivity contribution in [1.82, 2.24) is 4.90 Å². The van der Waals surface area contributed by atoms with Crippen molar-refractivity contribution >= 4 is 23.7 Å². The molecule has 0 N–H and O–H groups in total. The highest BCUT2D eigenvalue weighted by Crippen LogP contribution is 2.18. The van der Waals surface area contributed by atoms with Crippen LogP contribution in [0.25, 0.3) is 0 Å². The molecule has 0 radical (unpaired) electrons. The van der Waals surface area contributed by atoms with Crippen molar-refractivity contribution in [1.29, 1.82) is 0 Å². The van der Waals surface area contributed by atoms with E-state index in [1.807, 2.05) is 46.8 Å². The van der Waals surface area contributed by atoms with E-state index in [1.54, 1.807) is 17.0 Å². The van der Waals surface area contributed by atoms with Gasteiger partial charge in [0, 0.05) is 17.6 Å².